The van der Waals surface area contributed by atoms with E-state index < -0.39 is 0 Å². The first-order chi connectivity index (χ1) is 17.8. The zero-order valence-electron chi connectivity index (χ0n) is 22.6. The molecule has 190 valence electrons. The smallest absolute Gasteiger partial charge is 0.231 e. The summed E-state index contributed by atoms with van der Waals surface area (Å²) in [4.78, 5) is 2.37. The molecule has 3 aromatic carbocycles. The summed E-state index contributed by atoms with van der Waals surface area (Å²) in [7, 11) is 2.20. The number of hydrogen-bond donors (Lipinski definition) is 0. The molecular formula is C34H37NO2. The average molecular weight is 492 g/mol. The summed E-state index contributed by atoms with van der Waals surface area (Å²) in [5, 5.41) is 2.59. The van der Waals surface area contributed by atoms with Crippen molar-refractivity contribution in [3.63, 3.8) is 0 Å². The van der Waals surface area contributed by atoms with E-state index in [1.807, 2.05) is 0 Å². The first-order valence-electron chi connectivity index (χ1n) is 13.6. The maximum absolute atomic E-state index is 5.77. The van der Waals surface area contributed by atoms with Gasteiger partial charge in [0.1, 0.15) is 0 Å². The molecule has 3 heteroatoms. The second-order valence-electron chi connectivity index (χ2n) is 11.5. The van der Waals surface area contributed by atoms with Crippen LogP contribution >= 0.6 is 0 Å². The second kappa shape index (κ2) is 8.83. The molecule has 0 amide bonds. The molecule has 0 atom stereocenters. The number of hydrogen-bond acceptors (Lipinski definition) is 3. The Hall–Kier alpha value is -3.46. The van der Waals surface area contributed by atoms with Crippen LogP contribution in [0.5, 0.6) is 11.5 Å². The van der Waals surface area contributed by atoms with Crippen LogP contribution in [0.15, 0.2) is 84.6 Å². The van der Waals surface area contributed by atoms with Gasteiger partial charge in [-0.05, 0) is 64.9 Å². The molecular weight excluding hydrogens is 454 g/mol. The molecule has 0 radical (unpaired) electrons. The Morgan fingerprint density at radius 2 is 1.73 bits per heavy atom. The van der Waals surface area contributed by atoms with E-state index in [9.17, 15) is 0 Å². The summed E-state index contributed by atoms with van der Waals surface area (Å²) < 4.78 is 11.5. The summed E-state index contributed by atoms with van der Waals surface area (Å²) >= 11 is 0. The molecule has 3 aromatic rings. The number of ether oxygens (including phenoxy) is 2. The van der Waals surface area contributed by atoms with Gasteiger partial charge in [0.25, 0.3) is 0 Å². The number of nitrogens with zero attached hydrogens (tertiary/aromatic N) is 1. The number of aryl methyl sites for hydroxylation is 1. The largest absolute Gasteiger partial charge is 0.454 e. The van der Waals surface area contributed by atoms with E-state index >= 15 is 0 Å². The minimum Gasteiger partial charge on any atom is -0.454 e. The molecule has 3 nitrogen and oxygen atoms in total. The molecule has 0 saturated heterocycles. The maximum atomic E-state index is 5.77. The Kier molecular flexibility index (Phi) is 5.71. The zero-order valence-corrected chi connectivity index (χ0v) is 22.6. The lowest BCUT2D eigenvalue weighted by Gasteiger charge is -2.36. The lowest BCUT2D eigenvalue weighted by atomic mass is 9.68. The molecule has 3 aliphatic rings. The monoisotopic (exact) mass is 491 g/mol. The fraction of sp³-hybridized carbons (Fsp3) is 0.353. The Bertz CT molecular complexity index is 1450. The third-order valence-corrected chi connectivity index (χ3v) is 9.04. The van der Waals surface area contributed by atoms with Gasteiger partial charge >= 0.3 is 0 Å². The van der Waals surface area contributed by atoms with Crippen LogP contribution < -0.4 is 14.4 Å². The van der Waals surface area contributed by atoms with E-state index in [2.05, 4.69) is 106 Å². The van der Waals surface area contributed by atoms with Gasteiger partial charge in [0.15, 0.2) is 11.5 Å². The van der Waals surface area contributed by atoms with Crippen molar-refractivity contribution in [2.75, 3.05) is 18.7 Å². The molecule has 1 spiro atoms. The number of rotatable bonds is 4. The minimum absolute atomic E-state index is 0.0384. The van der Waals surface area contributed by atoms with E-state index in [0.717, 1.165) is 17.1 Å². The average Bonchev–Trinajstić information content (AvgIpc) is 3.44. The van der Waals surface area contributed by atoms with Crippen LogP contribution in [0.2, 0.25) is 0 Å². The van der Waals surface area contributed by atoms with Crippen molar-refractivity contribution < 1.29 is 9.47 Å². The van der Waals surface area contributed by atoms with Crippen molar-refractivity contribution >= 4 is 16.5 Å². The summed E-state index contributed by atoms with van der Waals surface area (Å²) in [6.45, 7) is 11.7. The van der Waals surface area contributed by atoms with E-state index in [4.69, 9.17) is 9.47 Å². The number of allylic oxidation sites excluding steroid dienone is 5. The predicted molar refractivity (Wildman–Crippen MR) is 154 cm³/mol. The molecule has 1 saturated carbocycles. The maximum Gasteiger partial charge on any atom is 0.231 e. The number of likely N-dealkylation sites (N-methyl/N-ethyl adjacent to an activating group) is 1. The van der Waals surface area contributed by atoms with Gasteiger partial charge in [-0.25, -0.2) is 0 Å². The van der Waals surface area contributed by atoms with Crippen LogP contribution in [0.4, 0.5) is 5.69 Å². The highest BCUT2D eigenvalue weighted by atomic mass is 16.7. The first-order valence-corrected chi connectivity index (χ1v) is 13.6. The fourth-order valence-corrected chi connectivity index (χ4v) is 6.97. The highest BCUT2D eigenvalue weighted by Crippen LogP contribution is 2.57. The predicted octanol–water partition coefficient (Wildman–Crippen LogP) is 8.50. The van der Waals surface area contributed by atoms with E-state index in [1.165, 1.54) is 71.0 Å². The van der Waals surface area contributed by atoms with E-state index in [0.29, 0.717) is 6.79 Å². The van der Waals surface area contributed by atoms with E-state index in [1.54, 1.807) is 0 Å². The Morgan fingerprint density at radius 1 is 1.00 bits per heavy atom. The highest BCUT2D eigenvalue weighted by Gasteiger charge is 2.47. The number of benzene rings is 3. The molecule has 0 unspecified atom stereocenters. The quantitative estimate of drug-likeness (QED) is 0.342. The van der Waals surface area contributed by atoms with Crippen LogP contribution in [0.3, 0.4) is 0 Å². The van der Waals surface area contributed by atoms with Crippen LogP contribution in [-0.2, 0) is 10.8 Å². The molecule has 1 aliphatic carbocycles. The van der Waals surface area contributed by atoms with Crippen LogP contribution in [-0.4, -0.2) is 13.8 Å². The minimum atomic E-state index is -0.192. The van der Waals surface area contributed by atoms with Gasteiger partial charge in [-0.1, -0.05) is 88.2 Å². The third kappa shape index (κ3) is 3.70. The molecule has 0 bridgehead atoms. The van der Waals surface area contributed by atoms with Gasteiger partial charge in [0.2, 0.25) is 6.79 Å². The molecule has 0 N–H and O–H groups in total. The highest BCUT2D eigenvalue weighted by molar-refractivity contribution is 5.88. The molecule has 2 heterocycles. The van der Waals surface area contributed by atoms with Gasteiger partial charge in [0, 0.05) is 35.3 Å². The standard InChI is InChI=1S/C34H37NO2/c1-23-16-17-25-13-7-8-14-26(25)32(23)33(3,4)24(2)12-11-15-31-34(18-9-6-10-19-34)27-20-29-30(37-22-36-29)21-28(27)35(31)5/h7-8,11-17,20-21H,2,6,9-10,18-19,22H2,1,3-5H3/b12-11+,31-15+. The Labute approximate surface area is 221 Å². The SMILES string of the molecule is C=C(/C=C/C=C1/N(C)c2cc3c(cc2C12CCCCC2)OCO3)C(C)(C)c1c(C)ccc2ccccc12. The van der Waals surface area contributed by atoms with Crippen molar-refractivity contribution in [1.82, 2.24) is 0 Å². The summed E-state index contributed by atoms with van der Waals surface area (Å²) in [5.74, 6) is 1.74. The van der Waals surface area contributed by atoms with Crippen molar-refractivity contribution in [3.8, 4) is 11.5 Å². The lowest BCUT2D eigenvalue weighted by molar-refractivity contribution is 0.174. The molecule has 6 rings (SSSR count). The molecule has 37 heavy (non-hydrogen) atoms. The molecule has 2 aliphatic heterocycles. The third-order valence-electron chi connectivity index (χ3n) is 9.04. The summed E-state index contributed by atoms with van der Waals surface area (Å²) in [5.41, 5.74) is 7.63. The van der Waals surface area contributed by atoms with Crippen molar-refractivity contribution in [1.29, 1.82) is 0 Å². The van der Waals surface area contributed by atoms with Crippen molar-refractivity contribution in [3.05, 3.63) is 101 Å². The van der Waals surface area contributed by atoms with Gasteiger partial charge in [-0.15, -0.1) is 0 Å². The van der Waals surface area contributed by atoms with E-state index in [-0.39, 0.29) is 10.8 Å². The summed E-state index contributed by atoms with van der Waals surface area (Å²) in [6, 6.07) is 17.5. The Balaban J connectivity index is 1.36. The van der Waals surface area contributed by atoms with Crippen LogP contribution in [0.25, 0.3) is 10.8 Å². The topological polar surface area (TPSA) is 21.7 Å². The zero-order chi connectivity index (χ0) is 25.8. The van der Waals surface area contributed by atoms with Gasteiger partial charge in [-0.2, -0.15) is 0 Å². The van der Waals surface area contributed by atoms with Gasteiger partial charge < -0.3 is 14.4 Å². The van der Waals surface area contributed by atoms with Crippen LogP contribution in [0, 0.1) is 6.92 Å². The van der Waals surface area contributed by atoms with Gasteiger partial charge in [0.05, 0.1) is 0 Å². The first kappa shape index (κ1) is 23.9. The normalized spacial score (nSPS) is 19.4. The Morgan fingerprint density at radius 3 is 2.51 bits per heavy atom. The fourth-order valence-electron chi connectivity index (χ4n) is 6.97. The number of fused-ring (bicyclic) bond motifs is 4. The summed E-state index contributed by atoms with van der Waals surface area (Å²) in [6.07, 6.45) is 12.9. The number of anilines is 1. The van der Waals surface area contributed by atoms with Crippen molar-refractivity contribution in [2.24, 2.45) is 0 Å². The molecule has 0 aromatic heterocycles. The lowest BCUT2D eigenvalue weighted by Crippen LogP contribution is -2.31. The van der Waals surface area contributed by atoms with Gasteiger partial charge in [-0.3, -0.25) is 0 Å². The molecule has 1 fully saturated rings. The van der Waals surface area contributed by atoms with Crippen molar-refractivity contribution in [2.45, 2.75) is 63.7 Å². The second-order valence-corrected chi connectivity index (χ2v) is 11.5. The van der Waals surface area contributed by atoms with Crippen LogP contribution in [0.1, 0.15) is 62.6 Å².